The molecule has 3 heterocycles. The number of likely N-dealkylation sites (tertiary alicyclic amines) is 2. The molecular formula is C19H25F3N2O3S. The fraction of sp³-hybridized carbons (Fsp3) is 0.684. The number of nitrogens with zero attached hydrogens (tertiary/aromatic N) is 2. The minimum Gasteiger partial charge on any atom is -0.475 e. The summed E-state index contributed by atoms with van der Waals surface area (Å²) in [5.41, 5.74) is 1.30. The Morgan fingerprint density at radius 1 is 1.18 bits per heavy atom. The number of rotatable bonds is 3. The molecule has 1 spiro atoms. The van der Waals surface area contributed by atoms with Gasteiger partial charge in [0.15, 0.2) is 0 Å². The zero-order chi connectivity index (χ0) is 20.4. The van der Waals surface area contributed by atoms with E-state index in [2.05, 4.69) is 9.80 Å². The first-order valence-corrected chi connectivity index (χ1v) is 10.5. The molecule has 3 aliphatic rings. The lowest BCUT2D eigenvalue weighted by Gasteiger charge is -2.45. The summed E-state index contributed by atoms with van der Waals surface area (Å²) < 4.78 is 31.7. The summed E-state index contributed by atoms with van der Waals surface area (Å²) in [5.74, 6) is -1.55. The number of carboxylic acid groups (broad SMARTS) is 1. The van der Waals surface area contributed by atoms with Crippen LogP contribution in [-0.4, -0.2) is 64.7 Å². The fourth-order valence-corrected chi connectivity index (χ4v) is 4.78. The Morgan fingerprint density at radius 3 is 2.32 bits per heavy atom. The minimum absolute atomic E-state index is 0.234. The Bertz CT molecular complexity index is 681. The fourth-order valence-electron chi connectivity index (χ4n) is 4.15. The van der Waals surface area contributed by atoms with Crippen molar-refractivity contribution < 1.29 is 27.9 Å². The van der Waals surface area contributed by atoms with Crippen LogP contribution in [0.25, 0.3) is 0 Å². The van der Waals surface area contributed by atoms with Crippen molar-refractivity contribution >= 4 is 23.2 Å². The van der Waals surface area contributed by atoms with Gasteiger partial charge in [-0.25, -0.2) is 4.79 Å². The van der Waals surface area contributed by atoms with Crippen LogP contribution in [0.5, 0.6) is 0 Å². The van der Waals surface area contributed by atoms with Crippen molar-refractivity contribution in [2.45, 2.75) is 50.2 Å². The number of piperidine rings is 1. The molecule has 4 rings (SSSR count). The Morgan fingerprint density at radius 2 is 1.82 bits per heavy atom. The summed E-state index contributed by atoms with van der Waals surface area (Å²) in [6, 6.07) is 1.95. The van der Waals surface area contributed by atoms with E-state index in [1.165, 1.54) is 51.6 Å². The zero-order valence-electron chi connectivity index (χ0n) is 15.6. The molecule has 1 aliphatic carbocycles. The third-order valence-electron chi connectivity index (χ3n) is 5.91. The van der Waals surface area contributed by atoms with E-state index in [0.717, 1.165) is 24.6 Å². The first kappa shape index (κ1) is 21.1. The van der Waals surface area contributed by atoms with E-state index in [-0.39, 0.29) is 5.91 Å². The van der Waals surface area contributed by atoms with Gasteiger partial charge < -0.3 is 10.0 Å². The number of halogens is 3. The summed E-state index contributed by atoms with van der Waals surface area (Å²) in [6.45, 7) is 4.49. The minimum atomic E-state index is -5.08. The largest absolute Gasteiger partial charge is 0.490 e. The first-order valence-electron chi connectivity index (χ1n) is 9.58. The van der Waals surface area contributed by atoms with E-state index in [0.29, 0.717) is 5.54 Å². The number of alkyl halides is 3. The van der Waals surface area contributed by atoms with Crippen molar-refractivity contribution in [2.75, 3.05) is 26.2 Å². The molecule has 28 heavy (non-hydrogen) atoms. The van der Waals surface area contributed by atoms with E-state index in [1.54, 1.807) is 11.3 Å². The molecule has 156 valence electrons. The third-order valence-corrected chi connectivity index (χ3v) is 6.59. The Hall–Kier alpha value is -1.61. The Kier molecular flexibility index (Phi) is 6.34. The highest BCUT2D eigenvalue weighted by atomic mass is 32.1. The van der Waals surface area contributed by atoms with Crippen molar-refractivity contribution in [3.8, 4) is 0 Å². The lowest BCUT2D eigenvalue weighted by atomic mass is 9.84. The highest BCUT2D eigenvalue weighted by molar-refractivity contribution is 7.08. The SMILES string of the molecule is O=C(O)C(F)(F)F.O=C(c1ccsc1)N1CCC2(CCCN2CC2CC2)CC1. The van der Waals surface area contributed by atoms with Crippen molar-refractivity contribution in [2.24, 2.45) is 5.92 Å². The first-order chi connectivity index (χ1) is 13.2. The molecule has 9 heteroatoms. The number of carboxylic acids is 1. The van der Waals surface area contributed by atoms with E-state index in [1.807, 2.05) is 16.8 Å². The van der Waals surface area contributed by atoms with Crippen molar-refractivity contribution in [3.63, 3.8) is 0 Å². The highest BCUT2D eigenvalue weighted by Gasteiger charge is 2.45. The normalized spacial score (nSPS) is 22.0. The molecule has 1 aromatic heterocycles. The van der Waals surface area contributed by atoms with Crippen LogP contribution in [-0.2, 0) is 4.79 Å². The number of amides is 1. The van der Waals surface area contributed by atoms with Gasteiger partial charge in [0.1, 0.15) is 0 Å². The van der Waals surface area contributed by atoms with E-state index >= 15 is 0 Å². The maximum absolute atomic E-state index is 12.5. The van der Waals surface area contributed by atoms with Gasteiger partial charge in [-0.1, -0.05) is 0 Å². The second kappa shape index (κ2) is 8.41. The molecule has 0 aromatic carbocycles. The number of carbonyl (C=O) groups excluding carboxylic acids is 1. The predicted molar refractivity (Wildman–Crippen MR) is 99.4 cm³/mol. The van der Waals surface area contributed by atoms with E-state index < -0.39 is 12.1 Å². The number of thiophene rings is 1. The second-order valence-corrected chi connectivity index (χ2v) is 8.60. The van der Waals surface area contributed by atoms with Crippen molar-refractivity contribution in [3.05, 3.63) is 22.4 Å². The van der Waals surface area contributed by atoms with Gasteiger partial charge in [-0.3, -0.25) is 9.69 Å². The van der Waals surface area contributed by atoms with Crippen LogP contribution in [0.1, 0.15) is 48.9 Å². The highest BCUT2D eigenvalue weighted by Crippen LogP contribution is 2.42. The molecule has 0 unspecified atom stereocenters. The average Bonchev–Trinajstić information content (AvgIpc) is 3.15. The van der Waals surface area contributed by atoms with Gasteiger partial charge in [0.05, 0.1) is 5.56 Å². The second-order valence-electron chi connectivity index (χ2n) is 7.82. The molecule has 1 amide bonds. The molecule has 0 radical (unpaired) electrons. The van der Waals surface area contributed by atoms with Crippen LogP contribution >= 0.6 is 11.3 Å². The standard InChI is InChI=1S/C17H24N2OS.C2HF3O2/c20-16(15-4-11-21-13-15)18-9-6-17(7-10-18)5-1-8-19(17)12-14-2-3-14;3-2(4,5)1(6)7/h4,11,13-14H,1-3,5-10,12H2;(H,6,7). The number of carbonyl (C=O) groups is 2. The molecular weight excluding hydrogens is 393 g/mol. The number of hydrogen-bond donors (Lipinski definition) is 1. The third kappa shape index (κ3) is 5.05. The smallest absolute Gasteiger partial charge is 0.475 e. The zero-order valence-corrected chi connectivity index (χ0v) is 16.4. The number of hydrogen-bond acceptors (Lipinski definition) is 4. The quantitative estimate of drug-likeness (QED) is 0.810. The van der Waals surface area contributed by atoms with Crippen LogP contribution in [0.3, 0.4) is 0 Å². The molecule has 0 bridgehead atoms. The van der Waals surface area contributed by atoms with Gasteiger partial charge in [0.25, 0.3) is 5.91 Å². The summed E-state index contributed by atoms with van der Waals surface area (Å²) >= 11 is 1.61. The maximum Gasteiger partial charge on any atom is 0.490 e. The van der Waals surface area contributed by atoms with Gasteiger partial charge in [-0.05, 0) is 62.4 Å². The molecule has 1 aromatic rings. The molecule has 1 saturated carbocycles. The van der Waals surface area contributed by atoms with E-state index in [9.17, 15) is 18.0 Å². The summed E-state index contributed by atoms with van der Waals surface area (Å²) in [7, 11) is 0. The summed E-state index contributed by atoms with van der Waals surface area (Å²) in [4.78, 5) is 26.2. The van der Waals surface area contributed by atoms with Crippen LogP contribution in [0.2, 0.25) is 0 Å². The lowest BCUT2D eigenvalue weighted by molar-refractivity contribution is -0.192. The summed E-state index contributed by atoms with van der Waals surface area (Å²) in [5, 5.41) is 11.1. The topological polar surface area (TPSA) is 60.9 Å². The summed E-state index contributed by atoms with van der Waals surface area (Å²) in [6.07, 6.45) is 2.85. The maximum atomic E-state index is 12.5. The van der Waals surface area contributed by atoms with Gasteiger partial charge in [-0.15, -0.1) is 0 Å². The van der Waals surface area contributed by atoms with Gasteiger partial charge >= 0.3 is 12.1 Å². The molecule has 5 nitrogen and oxygen atoms in total. The predicted octanol–water partition coefficient (Wildman–Crippen LogP) is 3.86. The molecule has 2 aliphatic heterocycles. The molecule has 0 atom stereocenters. The molecule has 2 saturated heterocycles. The molecule has 1 N–H and O–H groups in total. The Labute approximate surface area is 166 Å². The van der Waals surface area contributed by atoms with Crippen molar-refractivity contribution in [1.29, 1.82) is 0 Å². The molecule has 3 fully saturated rings. The van der Waals surface area contributed by atoms with Crippen LogP contribution in [0, 0.1) is 5.92 Å². The number of aliphatic carboxylic acids is 1. The lowest BCUT2D eigenvalue weighted by Crippen LogP contribution is -2.53. The van der Waals surface area contributed by atoms with Crippen LogP contribution in [0.15, 0.2) is 16.8 Å². The monoisotopic (exact) mass is 418 g/mol. The van der Waals surface area contributed by atoms with E-state index in [4.69, 9.17) is 9.90 Å². The van der Waals surface area contributed by atoms with Gasteiger partial charge in [-0.2, -0.15) is 24.5 Å². The Balaban J connectivity index is 0.000000279. The van der Waals surface area contributed by atoms with Crippen LogP contribution < -0.4 is 0 Å². The van der Waals surface area contributed by atoms with Crippen molar-refractivity contribution in [1.82, 2.24) is 9.80 Å². The average molecular weight is 418 g/mol. The van der Waals surface area contributed by atoms with Gasteiger partial charge in [0, 0.05) is 30.6 Å². The van der Waals surface area contributed by atoms with Gasteiger partial charge in [0.2, 0.25) is 0 Å². The van der Waals surface area contributed by atoms with Crippen LogP contribution in [0.4, 0.5) is 13.2 Å².